The van der Waals surface area contributed by atoms with E-state index in [0.29, 0.717) is 33.0 Å². The Bertz CT molecular complexity index is 1090. The Balaban J connectivity index is 1.35. The molecule has 3 aliphatic rings. The van der Waals surface area contributed by atoms with Crippen LogP contribution in [0.25, 0.3) is 0 Å². The van der Waals surface area contributed by atoms with E-state index in [1.807, 2.05) is 36.4 Å². The summed E-state index contributed by atoms with van der Waals surface area (Å²) < 4.78 is 34.6. The molecule has 2 aromatic carbocycles. The van der Waals surface area contributed by atoms with Gasteiger partial charge < -0.3 is 43.3 Å². The van der Waals surface area contributed by atoms with Crippen LogP contribution in [0.5, 0.6) is 11.5 Å². The molecule has 0 aliphatic carbocycles. The first-order valence-electron chi connectivity index (χ1n) is 13.5. The van der Waals surface area contributed by atoms with Gasteiger partial charge in [-0.05, 0) is 41.8 Å². The zero-order valence-corrected chi connectivity index (χ0v) is 22.6. The van der Waals surface area contributed by atoms with E-state index >= 15 is 0 Å². The minimum absolute atomic E-state index is 0.0747. The average Bonchev–Trinajstić information content (AvgIpc) is 3.79. The molecule has 2 fully saturated rings. The summed E-state index contributed by atoms with van der Waals surface area (Å²) in [7, 11) is 3.35. The molecule has 10 nitrogen and oxygen atoms in total. The SMILES string of the molecule is COCCCN1CCOc2ccc(CO[C@H]3CN(C(=O)O)C[C@@H](OC[C@H]4CO4)[C@@H]3c3ccc(OC)cc3)cc21. The number of piperidine rings is 1. The lowest BCUT2D eigenvalue weighted by atomic mass is 9.84. The van der Waals surface area contributed by atoms with E-state index in [2.05, 4.69) is 11.0 Å². The smallest absolute Gasteiger partial charge is 0.407 e. The van der Waals surface area contributed by atoms with Crippen LogP contribution in [0.3, 0.4) is 0 Å². The zero-order valence-electron chi connectivity index (χ0n) is 22.6. The summed E-state index contributed by atoms with van der Waals surface area (Å²) in [4.78, 5) is 15.8. The van der Waals surface area contributed by atoms with Gasteiger partial charge >= 0.3 is 6.09 Å². The molecule has 2 aromatic rings. The topological polar surface area (TPSA) is 102 Å². The van der Waals surface area contributed by atoms with Crippen LogP contribution < -0.4 is 14.4 Å². The first kappa shape index (κ1) is 27.5. The van der Waals surface area contributed by atoms with Gasteiger partial charge in [-0.25, -0.2) is 4.79 Å². The Kier molecular flexibility index (Phi) is 9.08. The summed E-state index contributed by atoms with van der Waals surface area (Å²) in [5.74, 6) is 1.47. The quantitative estimate of drug-likeness (QED) is 0.319. The van der Waals surface area contributed by atoms with Gasteiger partial charge in [-0.15, -0.1) is 0 Å². The summed E-state index contributed by atoms with van der Waals surface area (Å²) in [6.07, 6.45) is -0.749. The number of epoxide rings is 1. The maximum Gasteiger partial charge on any atom is 0.407 e. The number of benzene rings is 2. The van der Waals surface area contributed by atoms with Crippen molar-refractivity contribution in [2.75, 3.05) is 71.7 Å². The monoisotopic (exact) mass is 542 g/mol. The van der Waals surface area contributed by atoms with Crippen LogP contribution >= 0.6 is 0 Å². The van der Waals surface area contributed by atoms with Crippen molar-refractivity contribution in [3.05, 3.63) is 53.6 Å². The molecule has 0 bridgehead atoms. The summed E-state index contributed by atoms with van der Waals surface area (Å²) in [6, 6.07) is 14.0. The molecule has 39 heavy (non-hydrogen) atoms. The summed E-state index contributed by atoms with van der Waals surface area (Å²) >= 11 is 0. The second kappa shape index (κ2) is 12.9. The number of anilines is 1. The molecule has 0 spiro atoms. The van der Waals surface area contributed by atoms with Crippen molar-refractivity contribution in [3.63, 3.8) is 0 Å². The van der Waals surface area contributed by atoms with Gasteiger partial charge in [0.2, 0.25) is 0 Å². The minimum Gasteiger partial charge on any atom is -0.497 e. The number of ether oxygens (including phenoxy) is 6. The Hall–Kier alpha value is -3.05. The van der Waals surface area contributed by atoms with Crippen LogP contribution in [0, 0.1) is 0 Å². The van der Waals surface area contributed by atoms with Gasteiger partial charge in [0.1, 0.15) is 24.2 Å². The maximum absolute atomic E-state index is 12.0. The van der Waals surface area contributed by atoms with E-state index in [-0.39, 0.29) is 31.2 Å². The van der Waals surface area contributed by atoms with Crippen LogP contribution in [-0.2, 0) is 25.6 Å². The van der Waals surface area contributed by atoms with Crippen molar-refractivity contribution in [2.45, 2.75) is 37.3 Å². The van der Waals surface area contributed by atoms with E-state index in [9.17, 15) is 9.90 Å². The highest BCUT2D eigenvalue weighted by Crippen LogP contribution is 2.36. The number of carbonyl (C=O) groups is 1. The normalized spacial score (nSPS) is 24.2. The van der Waals surface area contributed by atoms with Crippen LogP contribution in [-0.4, -0.2) is 101 Å². The van der Waals surface area contributed by atoms with Crippen molar-refractivity contribution < 1.29 is 38.3 Å². The van der Waals surface area contributed by atoms with Crippen molar-refractivity contribution in [1.82, 2.24) is 4.90 Å². The predicted molar refractivity (Wildman–Crippen MR) is 144 cm³/mol. The lowest BCUT2D eigenvalue weighted by molar-refractivity contribution is -0.0911. The molecule has 3 aliphatic heterocycles. The molecule has 212 valence electrons. The number of hydrogen-bond donors (Lipinski definition) is 1. The number of fused-ring (bicyclic) bond motifs is 1. The number of amides is 1. The van der Waals surface area contributed by atoms with Crippen LogP contribution in [0.15, 0.2) is 42.5 Å². The molecule has 1 N–H and O–H groups in total. The lowest BCUT2D eigenvalue weighted by Gasteiger charge is -2.42. The fourth-order valence-corrected chi connectivity index (χ4v) is 5.34. The van der Waals surface area contributed by atoms with Gasteiger partial charge in [0.15, 0.2) is 0 Å². The van der Waals surface area contributed by atoms with Gasteiger partial charge in [-0.2, -0.15) is 0 Å². The third kappa shape index (κ3) is 6.94. The van der Waals surface area contributed by atoms with Gasteiger partial charge in [-0.1, -0.05) is 18.2 Å². The minimum atomic E-state index is -0.981. The van der Waals surface area contributed by atoms with Gasteiger partial charge in [0.25, 0.3) is 0 Å². The molecule has 10 heteroatoms. The summed E-state index contributed by atoms with van der Waals surface area (Å²) in [5, 5.41) is 9.87. The van der Waals surface area contributed by atoms with Crippen LogP contribution in [0.1, 0.15) is 23.5 Å². The Labute approximate surface area is 229 Å². The molecule has 3 heterocycles. The molecule has 0 radical (unpaired) electrons. The number of rotatable bonds is 12. The second-order valence-corrected chi connectivity index (χ2v) is 10.1. The number of carboxylic acid groups (broad SMARTS) is 1. The first-order chi connectivity index (χ1) is 19.1. The highest BCUT2D eigenvalue weighted by atomic mass is 16.6. The molecule has 2 saturated heterocycles. The van der Waals surface area contributed by atoms with Crippen molar-refractivity contribution in [1.29, 1.82) is 0 Å². The van der Waals surface area contributed by atoms with Crippen LogP contribution in [0.2, 0.25) is 0 Å². The first-order valence-corrected chi connectivity index (χ1v) is 13.5. The number of nitrogens with zero attached hydrogens (tertiary/aromatic N) is 2. The van der Waals surface area contributed by atoms with E-state index in [4.69, 9.17) is 28.4 Å². The van der Waals surface area contributed by atoms with Crippen molar-refractivity contribution in [2.24, 2.45) is 0 Å². The standard InChI is InChI=1S/C29H38N2O8/c1-34-12-3-10-30-11-13-36-25-9-4-20(14-24(25)30)17-38-26-15-31(29(32)33)16-27(39-19-23-18-37-23)28(26)21-5-7-22(35-2)8-6-21/h4-9,14,23,26-28H,3,10-13,15-19H2,1-2H3,(H,32,33)/t23-,26+,27-,28-/m1/s1. The maximum atomic E-state index is 12.0. The Morgan fingerprint density at radius 2 is 1.85 bits per heavy atom. The Morgan fingerprint density at radius 3 is 2.54 bits per heavy atom. The summed E-state index contributed by atoms with van der Waals surface area (Å²) in [5.41, 5.74) is 3.07. The van der Waals surface area contributed by atoms with E-state index in [1.165, 1.54) is 4.90 Å². The zero-order chi connectivity index (χ0) is 27.2. The molecule has 4 atom stereocenters. The molecule has 0 aromatic heterocycles. The molecular formula is C29H38N2O8. The van der Waals surface area contributed by atoms with Crippen LogP contribution in [0.4, 0.5) is 10.5 Å². The molecule has 0 unspecified atom stereocenters. The predicted octanol–water partition coefficient (Wildman–Crippen LogP) is 3.38. The van der Waals surface area contributed by atoms with Gasteiger partial charge in [-0.3, -0.25) is 0 Å². The number of likely N-dealkylation sites (tertiary alicyclic amines) is 1. The highest BCUT2D eigenvalue weighted by Gasteiger charge is 2.42. The summed E-state index contributed by atoms with van der Waals surface area (Å²) in [6.45, 7) is 5.03. The third-order valence-electron chi connectivity index (χ3n) is 7.49. The average molecular weight is 543 g/mol. The fraction of sp³-hybridized carbons (Fsp3) is 0.552. The number of hydrogen-bond acceptors (Lipinski definition) is 8. The Morgan fingerprint density at radius 1 is 1.08 bits per heavy atom. The van der Waals surface area contributed by atoms with E-state index < -0.39 is 12.2 Å². The molecular weight excluding hydrogens is 504 g/mol. The number of methoxy groups -OCH3 is 2. The second-order valence-electron chi connectivity index (χ2n) is 10.1. The van der Waals surface area contributed by atoms with E-state index in [0.717, 1.165) is 47.8 Å². The van der Waals surface area contributed by atoms with E-state index in [1.54, 1.807) is 14.2 Å². The lowest BCUT2D eigenvalue weighted by Crippen LogP contribution is -2.54. The van der Waals surface area contributed by atoms with Crippen molar-refractivity contribution in [3.8, 4) is 11.5 Å². The molecule has 1 amide bonds. The fourth-order valence-electron chi connectivity index (χ4n) is 5.34. The highest BCUT2D eigenvalue weighted by molar-refractivity contribution is 5.65. The largest absolute Gasteiger partial charge is 0.497 e. The molecule has 5 rings (SSSR count). The van der Waals surface area contributed by atoms with Gasteiger partial charge in [0, 0.05) is 26.2 Å². The molecule has 0 saturated carbocycles. The third-order valence-corrected chi connectivity index (χ3v) is 7.49. The van der Waals surface area contributed by atoms with Gasteiger partial charge in [0.05, 0.1) is 64.5 Å². The van der Waals surface area contributed by atoms with Crippen molar-refractivity contribution >= 4 is 11.8 Å².